The van der Waals surface area contributed by atoms with Crippen LogP contribution in [0.5, 0.6) is 0 Å². The SMILES string of the molecule is NC[C@@H]1CN(C(=O)Cc2ccccc2Br)C[C@H]1c1ccccc1. The topological polar surface area (TPSA) is 46.3 Å². The maximum Gasteiger partial charge on any atom is 0.227 e. The molecule has 23 heavy (non-hydrogen) atoms. The van der Waals surface area contributed by atoms with Crippen LogP contribution in [0.3, 0.4) is 0 Å². The highest BCUT2D eigenvalue weighted by atomic mass is 79.9. The monoisotopic (exact) mass is 372 g/mol. The van der Waals surface area contributed by atoms with Gasteiger partial charge in [-0.25, -0.2) is 0 Å². The van der Waals surface area contributed by atoms with Crippen molar-refractivity contribution in [2.75, 3.05) is 19.6 Å². The van der Waals surface area contributed by atoms with Crippen molar-refractivity contribution in [2.45, 2.75) is 12.3 Å². The Morgan fingerprint density at radius 2 is 1.78 bits per heavy atom. The molecule has 3 rings (SSSR count). The first-order chi connectivity index (χ1) is 11.2. The van der Waals surface area contributed by atoms with Gasteiger partial charge in [0, 0.05) is 23.5 Å². The number of nitrogens with two attached hydrogens (primary N) is 1. The van der Waals surface area contributed by atoms with Crippen molar-refractivity contribution in [3.8, 4) is 0 Å². The predicted octanol–water partition coefficient (Wildman–Crippen LogP) is 3.19. The summed E-state index contributed by atoms with van der Waals surface area (Å²) in [6.45, 7) is 2.12. The Kier molecular flexibility index (Phi) is 5.13. The Hall–Kier alpha value is -1.65. The average Bonchev–Trinajstić information content (AvgIpc) is 3.02. The summed E-state index contributed by atoms with van der Waals surface area (Å²) in [6, 6.07) is 18.3. The molecule has 0 spiro atoms. The third kappa shape index (κ3) is 3.65. The highest BCUT2D eigenvalue weighted by Crippen LogP contribution is 2.32. The van der Waals surface area contributed by atoms with Crippen molar-refractivity contribution in [1.82, 2.24) is 4.90 Å². The first kappa shape index (κ1) is 16.2. The molecular formula is C19H21BrN2O. The van der Waals surface area contributed by atoms with Crippen LogP contribution in [-0.2, 0) is 11.2 Å². The molecule has 1 aliphatic heterocycles. The zero-order valence-corrected chi connectivity index (χ0v) is 14.6. The maximum absolute atomic E-state index is 12.7. The molecule has 0 radical (unpaired) electrons. The van der Waals surface area contributed by atoms with Crippen molar-refractivity contribution in [3.63, 3.8) is 0 Å². The maximum atomic E-state index is 12.7. The highest BCUT2D eigenvalue weighted by Gasteiger charge is 2.35. The second-order valence-electron chi connectivity index (χ2n) is 6.08. The van der Waals surface area contributed by atoms with Gasteiger partial charge in [0.05, 0.1) is 6.42 Å². The van der Waals surface area contributed by atoms with E-state index >= 15 is 0 Å². The van der Waals surface area contributed by atoms with Crippen LogP contribution in [0.2, 0.25) is 0 Å². The van der Waals surface area contributed by atoms with Gasteiger partial charge >= 0.3 is 0 Å². The van der Waals surface area contributed by atoms with Crippen molar-refractivity contribution < 1.29 is 4.79 Å². The summed E-state index contributed by atoms with van der Waals surface area (Å²) in [6.07, 6.45) is 0.431. The molecule has 1 amide bonds. The first-order valence-electron chi connectivity index (χ1n) is 7.95. The van der Waals surface area contributed by atoms with Gasteiger partial charge in [-0.1, -0.05) is 64.5 Å². The van der Waals surface area contributed by atoms with E-state index in [0.717, 1.165) is 23.1 Å². The smallest absolute Gasteiger partial charge is 0.227 e. The summed E-state index contributed by atoms with van der Waals surface area (Å²) in [4.78, 5) is 14.6. The zero-order chi connectivity index (χ0) is 16.2. The lowest BCUT2D eigenvalue weighted by molar-refractivity contribution is -0.129. The fourth-order valence-corrected chi connectivity index (χ4v) is 3.73. The van der Waals surface area contributed by atoms with Crippen LogP contribution in [0.25, 0.3) is 0 Å². The van der Waals surface area contributed by atoms with Gasteiger partial charge in [-0.3, -0.25) is 4.79 Å². The van der Waals surface area contributed by atoms with Crippen LogP contribution in [0.1, 0.15) is 17.0 Å². The summed E-state index contributed by atoms with van der Waals surface area (Å²) in [5.41, 5.74) is 8.26. The molecular weight excluding hydrogens is 352 g/mol. The van der Waals surface area contributed by atoms with Gasteiger partial charge in [0.15, 0.2) is 0 Å². The third-order valence-electron chi connectivity index (χ3n) is 4.62. The van der Waals surface area contributed by atoms with E-state index in [1.807, 2.05) is 35.2 Å². The van der Waals surface area contributed by atoms with Crippen LogP contribution in [0, 0.1) is 5.92 Å². The standard InChI is InChI=1S/C19H21BrN2O/c20-18-9-5-4-8-15(18)10-19(23)22-12-16(11-21)17(13-22)14-6-2-1-3-7-14/h1-9,16-17H,10-13,21H2/t16-,17+/m1/s1. The number of nitrogens with zero attached hydrogens (tertiary/aromatic N) is 1. The van der Waals surface area contributed by atoms with Crippen molar-refractivity contribution in [1.29, 1.82) is 0 Å². The third-order valence-corrected chi connectivity index (χ3v) is 5.40. The average molecular weight is 373 g/mol. The molecule has 4 heteroatoms. The number of benzene rings is 2. The number of likely N-dealkylation sites (tertiary alicyclic amines) is 1. The number of hydrogen-bond acceptors (Lipinski definition) is 2. The number of carbonyl (C=O) groups excluding carboxylic acids is 1. The summed E-state index contributed by atoms with van der Waals surface area (Å²) in [5.74, 6) is 0.846. The van der Waals surface area contributed by atoms with E-state index in [1.165, 1.54) is 5.56 Å². The Labute approximate surface area is 145 Å². The van der Waals surface area contributed by atoms with Gasteiger partial charge in [0.25, 0.3) is 0 Å². The minimum absolute atomic E-state index is 0.175. The van der Waals surface area contributed by atoms with Gasteiger partial charge in [0.2, 0.25) is 5.91 Å². The molecule has 0 saturated carbocycles. The van der Waals surface area contributed by atoms with Gasteiger partial charge in [-0.2, -0.15) is 0 Å². The molecule has 2 atom stereocenters. The van der Waals surface area contributed by atoms with Crippen molar-refractivity contribution >= 4 is 21.8 Å². The molecule has 0 aromatic heterocycles. The van der Waals surface area contributed by atoms with E-state index in [2.05, 4.69) is 40.2 Å². The quantitative estimate of drug-likeness (QED) is 0.895. The van der Waals surface area contributed by atoms with Crippen LogP contribution >= 0.6 is 15.9 Å². The number of halogens is 1. The molecule has 2 aromatic rings. The molecule has 2 N–H and O–H groups in total. The number of carbonyl (C=O) groups is 1. The molecule has 1 fully saturated rings. The van der Waals surface area contributed by atoms with Crippen LogP contribution in [0.15, 0.2) is 59.1 Å². The van der Waals surface area contributed by atoms with Crippen LogP contribution < -0.4 is 5.73 Å². The first-order valence-corrected chi connectivity index (χ1v) is 8.74. The normalized spacial score (nSPS) is 20.7. The second-order valence-corrected chi connectivity index (χ2v) is 6.93. The molecule has 0 bridgehead atoms. The zero-order valence-electron chi connectivity index (χ0n) is 13.0. The summed E-state index contributed by atoms with van der Waals surface area (Å²) < 4.78 is 0.988. The van der Waals surface area contributed by atoms with E-state index in [4.69, 9.17) is 5.73 Å². The van der Waals surface area contributed by atoms with Crippen molar-refractivity contribution in [2.24, 2.45) is 11.7 Å². The Morgan fingerprint density at radius 3 is 2.48 bits per heavy atom. The Balaban J connectivity index is 1.72. The summed E-state index contributed by atoms with van der Waals surface area (Å²) in [7, 11) is 0. The van der Waals surface area contributed by atoms with E-state index in [1.54, 1.807) is 0 Å². The van der Waals surface area contributed by atoms with Gasteiger partial charge in [-0.15, -0.1) is 0 Å². The van der Waals surface area contributed by atoms with Gasteiger partial charge in [-0.05, 0) is 29.7 Å². The second kappa shape index (κ2) is 7.28. The van der Waals surface area contributed by atoms with Crippen LogP contribution in [0.4, 0.5) is 0 Å². The molecule has 2 aromatic carbocycles. The predicted molar refractivity (Wildman–Crippen MR) is 96.2 cm³/mol. The summed E-state index contributed by atoms with van der Waals surface area (Å²) in [5, 5.41) is 0. The van der Waals surface area contributed by atoms with Crippen molar-refractivity contribution in [3.05, 3.63) is 70.2 Å². The number of amides is 1. The van der Waals surface area contributed by atoms with E-state index in [9.17, 15) is 4.79 Å². The molecule has 3 nitrogen and oxygen atoms in total. The molecule has 120 valence electrons. The highest BCUT2D eigenvalue weighted by molar-refractivity contribution is 9.10. The molecule has 1 aliphatic rings. The van der Waals surface area contributed by atoms with E-state index < -0.39 is 0 Å². The van der Waals surface area contributed by atoms with E-state index in [-0.39, 0.29) is 5.91 Å². The lowest BCUT2D eigenvalue weighted by Crippen LogP contribution is -2.31. The molecule has 1 heterocycles. The van der Waals surface area contributed by atoms with Gasteiger partial charge < -0.3 is 10.6 Å². The summed E-state index contributed by atoms with van der Waals surface area (Å²) >= 11 is 3.52. The van der Waals surface area contributed by atoms with E-state index in [0.29, 0.717) is 24.8 Å². The molecule has 1 saturated heterocycles. The Bertz CT molecular complexity index is 674. The fourth-order valence-electron chi connectivity index (χ4n) is 3.31. The number of rotatable bonds is 4. The lowest BCUT2D eigenvalue weighted by Gasteiger charge is -2.17. The largest absolute Gasteiger partial charge is 0.341 e. The molecule has 0 aliphatic carbocycles. The Morgan fingerprint density at radius 1 is 1.09 bits per heavy atom. The molecule has 0 unspecified atom stereocenters. The minimum Gasteiger partial charge on any atom is -0.341 e. The lowest BCUT2D eigenvalue weighted by atomic mass is 9.89. The van der Waals surface area contributed by atoms with Crippen LogP contribution in [-0.4, -0.2) is 30.4 Å². The number of hydrogen-bond donors (Lipinski definition) is 1. The minimum atomic E-state index is 0.175. The van der Waals surface area contributed by atoms with Gasteiger partial charge in [0.1, 0.15) is 0 Å². The fraction of sp³-hybridized carbons (Fsp3) is 0.316.